The van der Waals surface area contributed by atoms with Crippen LogP contribution in [0.3, 0.4) is 0 Å². The lowest BCUT2D eigenvalue weighted by Gasteiger charge is -2.26. The normalized spacial score (nSPS) is 26.1. The van der Waals surface area contributed by atoms with Gasteiger partial charge in [0.25, 0.3) is 0 Å². The van der Waals surface area contributed by atoms with E-state index in [-0.39, 0.29) is 35.1 Å². The molecular formula is C20H28N6O3. The molecule has 4 rings (SSSR count). The van der Waals surface area contributed by atoms with E-state index in [4.69, 9.17) is 4.52 Å². The van der Waals surface area contributed by atoms with Crippen LogP contribution in [0.2, 0.25) is 0 Å². The molecule has 29 heavy (non-hydrogen) atoms. The van der Waals surface area contributed by atoms with Crippen molar-refractivity contribution in [2.24, 2.45) is 11.8 Å². The number of nitrogens with zero attached hydrogens (tertiary/aromatic N) is 5. The molecule has 0 bridgehead atoms. The van der Waals surface area contributed by atoms with Gasteiger partial charge >= 0.3 is 0 Å². The summed E-state index contributed by atoms with van der Waals surface area (Å²) < 4.78 is 7.46. The number of fused-ring (bicyclic) bond motifs is 1. The van der Waals surface area contributed by atoms with Crippen molar-refractivity contribution in [3.05, 3.63) is 30.4 Å². The number of carbonyl (C=O) groups is 2. The number of aromatic nitrogens is 4. The van der Waals surface area contributed by atoms with Gasteiger partial charge in [0.05, 0.1) is 11.7 Å². The highest BCUT2D eigenvalue weighted by Gasteiger charge is 2.58. The minimum absolute atomic E-state index is 0.0237. The highest BCUT2D eigenvalue weighted by molar-refractivity contribution is 5.79. The van der Waals surface area contributed by atoms with Crippen molar-refractivity contribution in [1.29, 1.82) is 0 Å². The van der Waals surface area contributed by atoms with Crippen molar-refractivity contribution >= 4 is 11.8 Å². The number of hydrogen-bond acceptors (Lipinski definition) is 6. The van der Waals surface area contributed by atoms with Crippen LogP contribution in [-0.4, -0.2) is 55.5 Å². The average Bonchev–Trinajstić information content (AvgIpc) is 3.42. The SMILES string of the molecule is Cc1noc([C@]23C[C@H](NC(=O)CCn4ccnc4)CC2CN(C(=O)C(C)C)C3)n1. The molecule has 2 amide bonds. The van der Waals surface area contributed by atoms with Crippen LogP contribution in [0.5, 0.6) is 0 Å². The topological polar surface area (TPSA) is 106 Å². The Balaban J connectivity index is 1.45. The number of imidazole rings is 1. The van der Waals surface area contributed by atoms with Gasteiger partial charge in [-0.05, 0) is 25.7 Å². The molecule has 0 spiro atoms. The van der Waals surface area contributed by atoms with Crippen molar-refractivity contribution in [2.75, 3.05) is 13.1 Å². The molecule has 0 radical (unpaired) electrons. The van der Waals surface area contributed by atoms with Gasteiger partial charge in [-0.15, -0.1) is 0 Å². The first-order valence-electron chi connectivity index (χ1n) is 10.2. The zero-order valence-corrected chi connectivity index (χ0v) is 17.2. The van der Waals surface area contributed by atoms with Gasteiger partial charge in [0.2, 0.25) is 17.7 Å². The van der Waals surface area contributed by atoms with E-state index < -0.39 is 0 Å². The monoisotopic (exact) mass is 400 g/mol. The van der Waals surface area contributed by atoms with Crippen LogP contribution < -0.4 is 5.32 Å². The molecule has 1 aliphatic carbocycles. The van der Waals surface area contributed by atoms with Gasteiger partial charge in [-0.3, -0.25) is 9.59 Å². The van der Waals surface area contributed by atoms with Gasteiger partial charge in [0.15, 0.2) is 5.82 Å². The van der Waals surface area contributed by atoms with Crippen molar-refractivity contribution < 1.29 is 14.1 Å². The summed E-state index contributed by atoms with van der Waals surface area (Å²) >= 11 is 0. The Labute approximate surface area is 169 Å². The third-order valence-electron chi connectivity index (χ3n) is 6.16. The van der Waals surface area contributed by atoms with Crippen LogP contribution in [0.15, 0.2) is 23.2 Å². The maximum Gasteiger partial charge on any atom is 0.235 e. The first-order chi connectivity index (χ1) is 13.9. The summed E-state index contributed by atoms with van der Waals surface area (Å²) in [6.07, 6.45) is 7.18. The number of likely N-dealkylation sites (tertiary alicyclic amines) is 1. The van der Waals surface area contributed by atoms with Crippen molar-refractivity contribution in [3.63, 3.8) is 0 Å². The van der Waals surface area contributed by atoms with E-state index >= 15 is 0 Å². The molecule has 3 heterocycles. The summed E-state index contributed by atoms with van der Waals surface area (Å²) in [6.45, 7) is 7.48. The van der Waals surface area contributed by atoms with E-state index in [1.54, 1.807) is 19.4 Å². The fourth-order valence-electron chi connectivity index (χ4n) is 4.79. The van der Waals surface area contributed by atoms with Crippen LogP contribution in [0.25, 0.3) is 0 Å². The second kappa shape index (κ2) is 7.61. The van der Waals surface area contributed by atoms with Crippen molar-refractivity contribution in [2.45, 2.75) is 58.0 Å². The lowest BCUT2D eigenvalue weighted by molar-refractivity contribution is -0.134. The van der Waals surface area contributed by atoms with Gasteiger partial charge in [0, 0.05) is 50.4 Å². The zero-order valence-electron chi connectivity index (χ0n) is 17.2. The maximum atomic E-state index is 12.6. The second-order valence-electron chi connectivity index (χ2n) is 8.63. The molecule has 1 saturated carbocycles. The molecule has 1 unspecified atom stereocenters. The predicted molar refractivity (Wildman–Crippen MR) is 104 cm³/mol. The number of carbonyl (C=O) groups excluding carboxylic acids is 2. The molecule has 3 atom stereocenters. The Morgan fingerprint density at radius 2 is 2.24 bits per heavy atom. The zero-order chi connectivity index (χ0) is 20.6. The number of hydrogen-bond donors (Lipinski definition) is 1. The lowest BCUT2D eigenvalue weighted by atomic mass is 9.80. The third kappa shape index (κ3) is 3.77. The highest BCUT2D eigenvalue weighted by atomic mass is 16.5. The molecule has 9 nitrogen and oxygen atoms in total. The summed E-state index contributed by atoms with van der Waals surface area (Å²) in [5.41, 5.74) is -0.381. The third-order valence-corrected chi connectivity index (χ3v) is 6.16. The first kappa shape index (κ1) is 19.6. The molecular weight excluding hydrogens is 372 g/mol. The Kier molecular flexibility index (Phi) is 5.14. The van der Waals surface area contributed by atoms with Gasteiger partial charge in [0.1, 0.15) is 0 Å². The minimum atomic E-state index is -0.381. The smallest absolute Gasteiger partial charge is 0.235 e. The van der Waals surface area contributed by atoms with E-state index in [1.165, 1.54) is 0 Å². The van der Waals surface area contributed by atoms with Crippen LogP contribution in [-0.2, 0) is 21.5 Å². The van der Waals surface area contributed by atoms with E-state index in [2.05, 4.69) is 20.4 Å². The first-order valence-corrected chi connectivity index (χ1v) is 10.2. The number of amides is 2. The predicted octanol–water partition coefficient (Wildman–Crippen LogP) is 1.30. The van der Waals surface area contributed by atoms with Gasteiger partial charge in [-0.25, -0.2) is 4.98 Å². The summed E-state index contributed by atoms with van der Waals surface area (Å²) in [5.74, 6) is 1.51. The minimum Gasteiger partial charge on any atom is -0.353 e. The molecule has 2 aromatic heterocycles. The quantitative estimate of drug-likeness (QED) is 0.783. The number of nitrogens with one attached hydrogen (secondary N) is 1. The molecule has 0 aromatic carbocycles. The molecule has 156 valence electrons. The fraction of sp³-hybridized carbons (Fsp3) is 0.650. The molecule has 1 aliphatic heterocycles. The standard InChI is InChI=1S/C20H28N6O3/c1-13(2)18(28)26-10-15-8-16(23-17(27)4-6-25-7-5-21-12-25)9-20(15,11-26)19-22-14(3)24-29-19/h5,7,12-13,15-16H,4,6,8-11H2,1-3H3,(H,23,27)/t15?,16-,20+/m1/s1. The second-order valence-corrected chi connectivity index (χ2v) is 8.63. The van der Waals surface area contributed by atoms with Crippen LogP contribution >= 0.6 is 0 Å². The summed E-state index contributed by atoms with van der Waals surface area (Å²) in [5, 5.41) is 7.15. The Hall–Kier alpha value is -2.71. The maximum absolute atomic E-state index is 12.6. The van der Waals surface area contributed by atoms with E-state index in [0.717, 1.165) is 6.42 Å². The lowest BCUT2D eigenvalue weighted by Crippen LogP contribution is -2.40. The van der Waals surface area contributed by atoms with Gasteiger partial charge < -0.3 is 19.3 Å². The van der Waals surface area contributed by atoms with Crippen LogP contribution in [0.1, 0.15) is 44.8 Å². The van der Waals surface area contributed by atoms with Gasteiger partial charge in [-0.2, -0.15) is 4.98 Å². The van der Waals surface area contributed by atoms with E-state index in [1.807, 2.05) is 29.5 Å². The highest BCUT2D eigenvalue weighted by Crippen LogP contribution is 2.50. The molecule has 2 aromatic rings. The molecule has 2 aliphatic rings. The van der Waals surface area contributed by atoms with Crippen LogP contribution in [0.4, 0.5) is 0 Å². The van der Waals surface area contributed by atoms with E-state index in [0.29, 0.717) is 44.2 Å². The van der Waals surface area contributed by atoms with E-state index in [9.17, 15) is 9.59 Å². The fourth-order valence-corrected chi connectivity index (χ4v) is 4.79. The molecule has 9 heteroatoms. The summed E-state index contributed by atoms with van der Waals surface area (Å²) in [6, 6.07) is 0.0406. The van der Waals surface area contributed by atoms with Crippen molar-refractivity contribution in [3.8, 4) is 0 Å². The van der Waals surface area contributed by atoms with Gasteiger partial charge in [-0.1, -0.05) is 19.0 Å². The molecule has 2 fully saturated rings. The Bertz CT molecular complexity index is 877. The number of aryl methyl sites for hydroxylation is 2. The molecule has 1 N–H and O–H groups in total. The van der Waals surface area contributed by atoms with Crippen molar-refractivity contribution in [1.82, 2.24) is 29.9 Å². The van der Waals surface area contributed by atoms with Crippen LogP contribution in [0, 0.1) is 18.8 Å². The Morgan fingerprint density at radius 3 is 2.90 bits per heavy atom. The largest absolute Gasteiger partial charge is 0.353 e. The number of rotatable bonds is 6. The average molecular weight is 400 g/mol. The summed E-state index contributed by atoms with van der Waals surface area (Å²) in [4.78, 5) is 35.5. The Morgan fingerprint density at radius 1 is 1.41 bits per heavy atom. The molecule has 1 saturated heterocycles. The summed E-state index contributed by atoms with van der Waals surface area (Å²) in [7, 11) is 0.